The number of aliphatic hydroxyl groups excluding tert-OH is 1. The molecular weight excluding hydrogens is 242 g/mol. The van der Waals surface area contributed by atoms with Gasteiger partial charge in [0.25, 0.3) is 0 Å². The minimum atomic E-state index is -0.0540. The molecule has 104 valence electrons. The minimum Gasteiger partial charge on any atom is -0.493 e. The van der Waals surface area contributed by atoms with Crippen molar-refractivity contribution in [3.05, 3.63) is 23.8 Å². The third-order valence-electron chi connectivity index (χ3n) is 2.62. The molecule has 0 aromatic heterocycles. The molecule has 4 heteroatoms. The lowest BCUT2D eigenvalue weighted by Crippen LogP contribution is -2.02. The second kappa shape index (κ2) is 9.23. The molecule has 0 radical (unpaired) electrons. The van der Waals surface area contributed by atoms with Crippen LogP contribution in [-0.4, -0.2) is 18.3 Å². The van der Waals surface area contributed by atoms with Crippen molar-refractivity contribution in [3.8, 4) is 17.6 Å². The Morgan fingerprint density at radius 2 is 2.05 bits per heavy atom. The van der Waals surface area contributed by atoms with Crippen molar-refractivity contribution >= 4 is 0 Å². The van der Waals surface area contributed by atoms with Gasteiger partial charge >= 0.3 is 0 Å². The van der Waals surface area contributed by atoms with Gasteiger partial charge in [-0.15, -0.1) is 0 Å². The lowest BCUT2D eigenvalue weighted by Gasteiger charge is -2.12. The molecule has 0 aliphatic heterocycles. The van der Waals surface area contributed by atoms with E-state index in [1.165, 1.54) is 0 Å². The smallest absolute Gasteiger partial charge is 0.128 e. The van der Waals surface area contributed by atoms with Gasteiger partial charge in [-0.2, -0.15) is 5.26 Å². The molecule has 0 amide bonds. The number of aliphatic hydroxyl groups is 1. The van der Waals surface area contributed by atoms with Crippen LogP contribution in [0.15, 0.2) is 18.2 Å². The number of unbranched alkanes of at least 4 members (excludes halogenated alkanes) is 2. The van der Waals surface area contributed by atoms with Gasteiger partial charge in [-0.25, -0.2) is 0 Å². The van der Waals surface area contributed by atoms with E-state index >= 15 is 0 Å². The summed E-state index contributed by atoms with van der Waals surface area (Å²) in [7, 11) is 0. The highest BCUT2D eigenvalue weighted by molar-refractivity contribution is 5.40. The molecule has 19 heavy (non-hydrogen) atoms. The Labute approximate surface area is 114 Å². The van der Waals surface area contributed by atoms with Gasteiger partial charge in [0.1, 0.15) is 11.5 Å². The second-order valence-electron chi connectivity index (χ2n) is 4.24. The Bertz CT molecular complexity index is 412. The summed E-state index contributed by atoms with van der Waals surface area (Å²) >= 11 is 0. The number of hydrogen-bond acceptors (Lipinski definition) is 4. The zero-order chi connectivity index (χ0) is 13.9. The summed E-state index contributed by atoms with van der Waals surface area (Å²) in [5.41, 5.74) is 0.754. The Balaban J connectivity index is 2.55. The molecule has 0 spiro atoms. The Kier molecular flexibility index (Phi) is 7.45. The predicted molar refractivity (Wildman–Crippen MR) is 73.1 cm³/mol. The molecule has 0 aliphatic carbocycles. The first-order valence-electron chi connectivity index (χ1n) is 6.68. The SMILES string of the molecule is CCCOc1ccc(CO)c(OCCCCC#N)c1. The van der Waals surface area contributed by atoms with Gasteiger partial charge in [0.2, 0.25) is 0 Å². The van der Waals surface area contributed by atoms with Crippen molar-refractivity contribution < 1.29 is 14.6 Å². The minimum absolute atomic E-state index is 0.0540. The molecule has 1 N–H and O–H groups in total. The average Bonchev–Trinajstić information content (AvgIpc) is 2.45. The van der Waals surface area contributed by atoms with E-state index in [0.717, 1.165) is 30.6 Å². The number of nitriles is 1. The normalized spacial score (nSPS) is 9.95. The molecule has 0 bridgehead atoms. The maximum atomic E-state index is 9.26. The molecule has 1 rings (SSSR count). The average molecular weight is 263 g/mol. The summed E-state index contributed by atoms with van der Waals surface area (Å²) in [5, 5.41) is 17.7. The van der Waals surface area contributed by atoms with E-state index < -0.39 is 0 Å². The third kappa shape index (κ3) is 5.62. The van der Waals surface area contributed by atoms with Gasteiger partial charge in [0, 0.05) is 18.1 Å². The molecule has 0 saturated carbocycles. The van der Waals surface area contributed by atoms with Gasteiger partial charge in [-0.3, -0.25) is 0 Å². The van der Waals surface area contributed by atoms with Crippen LogP contribution in [0.2, 0.25) is 0 Å². The van der Waals surface area contributed by atoms with Crippen LogP contribution < -0.4 is 9.47 Å². The molecule has 0 heterocycles. The monoisotopic (exact) mass is 263 g/mol. The molecule has 0 aliphatic rings. The number of nitrogens with zero attached hydrogens (tertiary/aromatic N) is 1. The van der Waals surface area contributed by atoms with E-state index in [1.807, 2.05) is 18.2 Å². The van der Waals surface area contributed by atoms with Crippen LogP contribution in [-0.2, 0) is 6.61 Å². The topological polar surface area (TPSA) is 62.5 Å². The molecule has 1 aromatic carbocycles. The van der Waals surface area contributed by atoms with E-state index in [2.05, 4.69) is 13.0 Å². The first kappa shape index (κ1) is 15.3. The van der Waals surface area contributed by atoms with Gasteiger partial charge in [0.05, 0.1) is 25.9 Å². The zero-order valence-corrected chi connectivity index (χ0v) is 11.4. The molecule has 0 atom stereocenters. The summed E-state index contributed by atoms with van der Waals surface area (Å²) in [5.74, 6) is 1.42. The summed E-state index contributed by atoms with van der Waals surface area (Å²) in [6.45, 7) is 3.21. The number of hydrogen-bond donors (Lipinski definition) is 1. The maximum Gasteiger partial charge on any atom is 0.128 e. The van der Waals surface area contributed by atoms with Crippen molar-refractivity contribution in [2.45, 2.75) is 39.2 Å². The van der Waals surface area contributed by atoms with E-state index in [4.69, 9.17) is 14.7 Å². The largest absolute Gasteiger partial charge is 0.493 e. The summed E-state index contributed by atoms with van der Waals surface area (Å²) in [6.07, 6.45) is 3.16. The Morgan fingerprint density at radius 1 is 1.21 bits per heavy atom. The quantitative estimate of drug-likeness (QED) is 0.695. The highest BCUT2D eigenvalue weighted by Gasteiger charge is 2.05. The third-order valence-corrected chi connectivity index (χ3v) is 2.62. The highest BCUT2D eigenvalue weighted by atomic mass is 16.5. The Hall–Kier alpha value is -1.73. The van der Waals surface area contributed by atoms with Crippen LogP contribution in [0.25, 0.3) is 0 Å². The fourth-order valence-electron chi connectivity index (χ4n) is 1.60. The van der Waals surface area contributed by atoms with Crippen molar-refractivity contribution in [2.24, 2.45) is 0 Å². The molecule has 0 saturated heterocycles. The van der Waals surface area contributed by atoms with Crippen LogP contribution in [0.4, 0.5) is 0 Å². The van der Waals surface area contributed by atoms with E-state index in [1.54, 1.807) is 0 Å². The van der Waals surface area contributed by atoms with Crippen LogP contribution in [0.3, 0.4) is 0 Å². The van der Waals surface area contributed by atoms with Crippen molar-refractivity contribution in [2.75, 3.05) is 13.2 Å². The molecule has 1 aromatic rings. The lowest BCUT2D eigenvalue weighted by molar-refractivity contribution is 0.258. The summed E-state index contributed by atoms with van der Waals surface area (Å²) < 4.78 is 11.2. The zero-order valence-electron chi connectivity index (χ0n) is 11.4. The van der Waals surface area contributed by atoms with E-state index in [0.29, 0.717) is 25.4 Å². The Morgan fingerprint density at radius 3 is 2.74 bits per heavy atom. The number of ether oxygens (including phenoxy) is 2. The van der Waals surface area contributed by atoms with Crippen molar-refractivity contribution in [3.63, 3.8) is 0 Å². The number of rotatable bonds is 9. The van der Waals surface area contributed by atoms with Crippen LogP contribution >= 0.6 is 0 Å². The lowest BCUT2D eigenvalue weighted by atomic mass is 10.2. The van der Waals surface area contributed by atoms with Crippen LogP contribution in [0.1, 0.15) is 38.2 Å². The fraction of sp³-hybridized carbons (Fsp3) is 0.533. The van der Waals surface area contributed by atoms with Gasteiger partial charge in [-0.1, -0.05) is 6.92 Å². The van der Waals surface area contributed by atoms with Crippen molar-refractivity contribution in [1.82, 2.24) is 0 Å². The summed E-state index contributed by atoms with van der Waals surface area (Å²) in [4.78, 5) is 0. The highest BCUT2D eigenvalue weighted by Crippen LogP contribution is 2.25. The molecular formula is C15H21NO3. The van der Waals surface area contributed by atoms with Gasteiger partial charge in [-0.05, 0) is 31.4 Å². The fourth-order valence-corrected chi connectivity index (χ4v) is 1.60. The number of benzene rings is 1. The van der Waals surface area contributed by atoms with E-state index in [9.17, 15) is 5.11 Å². The van der Waals surface area contributed by atoms with Gasteiger partial charge in [0.15, 0.2) is 0 Å². The van der Waals surface area contributed by atoms with Crippen molar-refractivity contribution in [1.29, 1.82) is 5.26 Å². The second-order valence-corrected chi connectivity index (χ2v) is 4.24. The molecule has 4 nitrogen and oxygen atoms in total. The van der Waals surface area contributed by atoms with E-state index in [-0.39, 0.29) is 6.61 Å². The first-order valence-corrected chi connectivity index (χ1v) is 6.68. The van der Waals surface area contributed by atoms with Crippen LogP contribution in [0.5, 0.6) is 11.5 Å². The molecule has 0 unspecified atom stereocenters. The van der Waals surface area contributed by atoms with Crippen LogP contribution in [0, 0.1) is 11.3 Å². The standard InChI is InChI=1S/C15H21NO3/c1-2-9-18-14-7-6-13(12-17)15(11-14)19-10-5-3-4-8-16/h6-7,11,17H,2-5,9-10,12H2,1H3. The maximum absolute atomic E-state index is 9.26. The van der Waals surface area contributed by atoms with Gasteiger partial charge < -0.3 is 14.6 Å². The first-order chi connectivity index (χ1) is 9.31. The summed E-state index contributed by atoms with van der Waals surface area (Å²) in [6, 6.07) is 7.57. The molecule has 0 fully saturated rings. The predicted octanol–water partition coefficient (Wildman–Crippen LogP) is 3.04.